The fourth-order valence-corrected chi connectivity index (χ4v) is 5.43. The SMILES string of the molecule is CCCNC(=O)[C@@H](Cc1ccccc1)N(Cc1ccccc1F)C(=O)CN(c1ccc(Cl)cc1Cl)S(C)(=O)=O. The van der Waals surface area contributed by atoms with Gasteiger partial charge in [-0.1, -0.05) is 78.7 Å². The number of hydrogen-bond acceptors (Lipinski definition) is 4. The first-order chi connectivity index (χ1) is 18.5. The molecule has 0 aromatic heterocycles. The van der Waals surface area contributed by atoms with E-state index in [2.05, 4.69) is 5.32 Å². The molecular formula is C28H30Cl2FN3O4S. The largest absolute Gasteiger partial charge is 0.354 e. The van der Waals surface area contributed by atoms with Gasteiger partial charge in [0.25, 0.3) is 0 Å². The molecule has 11 heteroatoms. The van der Waals surface area contributed by atoms with Crippen molar-refractivity contribution in [3.63, 3.8) is 0 Å². The van der Waals surface area contributed by atoms with Crippen LogP contribution < -0.4 is 9.62 Å². The smallest absolute Gasteiger partial charge is 0.244 e. The van der Waals surface area contributed by atoms with E-state index in [0.29, 0.717) is 18.0 Å². The van der Waals surface area contributed by atoms with Crippen molar-refractivity contribution in [3.05, 3.63) is 99.8 Å². The molecule has 0 saturated heterocycles. The molecule has 0 radical (unpaired) electrons. The molecule has 0 bridgehead atoms. The zero-order valence-electron chi connectivity index (χ0n) is 21.6. The molecule has 3 aromatic carbocycles. The lowest BCUT2D eigenvalue weighted by Crippen LogP contribution is -2.53. The number of amides is 2. The van der Waals surface area contributed by atoms with Crippen molar-refractivity contribution in [2.24, 2.45) is 0 Å². The summed E-state index contributed by atoms with van der Waals surface area (Å²) in [6.45, 7) is 1.35. The van der Waals surface area contributed by atoms with Crippen LogP contribution >= 0.6 is 23.2 Å². The van der Waals surface area contributed by atoms with Crippen molar-refractivity contribution < 1.29 is 22.4 Å². The van der Waals surface area contributed by atoms with Gasteiger partial charge < -0.3 is 10.2 Å². The van der Waals surface area contributed by atoms with Gasteiger partial charge in [-0.3, -0.25) is 13.9 Å². The molecule has 208 valence electrons. The molecule has 1 atom stereocenters. The maximum absolute atomic E-state index is 14.7. The van der Waals surface area contributed by atoms with E-state index in [1.165, 1.54) is 41.3 Å². The van der Waals surface area contributed by atoms with Crippen LogP contribution in [-0.4, -0.2) is 50.5 Å². The minimum Gasteiger partial charge on any atom is -0.354 e. The van der Waals surface area contributed by atoms with E-state index in [-0.39, 0.29) is 29.2 Å². The van der Waals surface area contributed by atoms with Gasteiger partial charge in [0.15, 0.2) is 0 Å². The third-order valence-electron chi connectivity index (χ3n) is 5.98. The number of nitrogens with zero attached hydrogens (tertiary/aromatic N) is 2. The Kier molecular flexibility index (Phi) is 10.7. The Morgan fingerprint density at radius 1 is 1.00 bits per heavy atom. The molecule has 0 aliphatic heterocycles. The second kappa shape index (κ2) is 13.8. The maximum Gasteiger partial charge on any atom is 0.244 e. The molecule has 1 N–H and O–H groups in total. The monoisotopic (exact) mass is 593 g/mol. The number of anilines is 1. The summed E-state index contributed by atoms with van der Waals surface area (Å²) in [7, 11) is -4.00. The maximum atomic E-state index is 14.7. The average Bonchev–Trinajstić information content (AvgIpc) is 2.89. The average molecular weight is 595 g/mol. The van der Waals surface area contributed by atoms with Crippen LogP contribution in [-0.2, 0) is 32.6 Å². The van der Waals surface area contributed by atoms with Gasteiger partial charge in [-0.05, 0) is 36.2 Å². The number of carbonyl (C=O) groups is 2. The van der Waals surface area contributed by atoms with Crippen molar-refractivity contribution in [1.29, 1.82) is 0 Å². The normalized spacial score (nSPS) is 12.0. The number of nitrogens with one attached hydrogen (secondary N) is 1. The summed E-state index contributed by atoms with van der Waals surface area (Å²) in [5.74, 6) is -1.69. The minimum absolute atomic E-state index is 0.0305. The van der Waals surface area contributed by atoms with E-state index >= 15 is 0 Å². The van der Waals surface area contributed by atoms with Crippen molar-refractivity contribution in [2.75, 3.05) is 23.7 Å². The zero-order chi connectivity index (χ0) is 28.6. The molecule has 39 heavy (non-hydrogen) atoms. The standard InChI is InChI=1S/C28H30Cl2FN3O4S/c1-3-15-32-28(36)26(16-20-9-5-4-6-10-20)33(18-21-11-7-8-12-24(21)31)27(35)19-34(39(2,37)38)25-14-13-22(29)17-23(25)30/h4-14,17,26H,3,15-16,18-19H2,1-2H3,(H,32,36)/t26-/m1/s1. The van der Waals surface area contributed by atoms with Gasteiger partial charge in [-0.15, -0.1) is 0 Å². The van der Waals surface area contributed by atoms with E-state index in [1.807, 2.05) is 37.3 Å². The third kappa shape index (κ3) is 8.42. The minimum atomic E-state index is -4.00. The van der Waals surface area contributed by atoms with Crippen LogP contribution in [0.2, 0.25) is 10.0 Å². The van der Waals surface area contributed by atoms with Crippen molar-refractivity contribution in [2.45, 2.75) is 32.4 Å². The van der Waals surface area contributed by atoms with E-state index in [9.17, 15) is 22.4 Å². The summed E-state index contributed by atoms with van der Waals surface area (Å²) in [6.07, 6.45) is 1.75. The number of sulfonamides is 1. The molecule has 0 heterocycles. The van der Waals surface area contributed by atoms with Crippen LogP contribution in [0.4, 0.5) is 10.1 Å². The lowest BCUT2D eigenvalue weighted by atomic mass is 10.0. The Morgan fingerprint density at radius 3 is 2.28 bits per heavy atom. The lowest BCUT2D eigenvalue weighted by molar-refractivity contribution is -0.140. The molecule has 3 rings (SSSR count). The summed E-state index contributed by atoms with van der Waals surface area (Å²) in [5.41, 5.74) is 1.02. The summed E-state index contributed by atoms with van der Waals surface area (Å²) < 4.78 is 41.2. The van der Waals surface area contributed by atoms with Crippen LogP contribution in [0.1, 0.15) is 24.5 Å². The van der Waals surface area contributed by atoms with Crippen LogP contribution in [0.15, 0.2) is 72.8 Å². The number of benzene rings is 3. The molecular weight excluding hydrogens is 564 g/mol. The van der Waals surface area contributed by atoms with E-state index in [0.717, 1.165) is 16.1 Å². The van der Waals surface area contributed by atoms with E-state index < -0.39 is 40.2 Å². The van der Waals surface area contributed by atoms with Gasteiger partial charge in [-0.2, -0.15) is 0 Å². The molecule has 0 saturated carbocycles. The second-order valence-corrected chi connectivity index (χ2v) is 11.7. The van der Waals surface area contributed by atoms with Crippen molar-refractivity contribution >= 4 is 50.7 Å². The lowest BCUT2D eigenvalue weighted by Gasteiger charge is -2.33. The molecule has 0 aliphatic carbocycles. The highest BCUT2D eigenvalue weighted by Gasteiger charge is 2.33. The fourth-order valence-electron chi connectivity index (χ4n) is 4.01. The summed E-state index contributed by atoms with van der Waals surface area (Å²) in [5, 5.41) is 3.15. The van der Waals surface area contributed by atoms with Gasteiger partial charge in [0.05, 0.1) is 17.0 Å². The van der Waals surface area contributed by atoms with Gasteiger partial charge in [-0.25, -0.2) is 12.8 Å². The highest BCUT2D eigenvalue weighted by atomic mass is 35.5. The first-order valence-corrected chi connectivity index (χ1v) is 14.9. The Bertz CT molecular complexity index is 1410. The third-order valence-corrected chi connectivity index (χ3v) is 7.64. The Hall–Kier alpha value is -3.14. The number of hydrogen-bond donors (Lipinski definition) is 1. The fraction of sp³-hybridized carbons (Fsp3) is 0.286. The Labute approximate surface area is 238 Å². The summed E-state index contributed by atoms with van der Waals surface area (Å²) in [6, 6.07) is 18.2. The first-order valence-electron chi connectivity index (χ1n) is 12.3. The quantitative estimate of drug-likeness (QED) is 0.318. The van der Waals surface area contributed by atoms with E-state index in [4.69, 9.17) is 23.2 Å². The molecule has 2 amide bonds. The number of rotatable bonds is 12. The highest BCUT2D eigenvalue weighted by Crippen LogP contribution is 2.30. The van der Waals surface area contributed by atoms with Crippen LogP contribution in [0.25, 0.3) is 0 Å². The second-order valence-electron chi connectivity index (χ2n) is 8.97. The summed E-state index contributed by atoms with van der Waals surface area (Å²) >= 11 is 12.3. The van der Waals surface area contributed by atoms with E-state index in [1.54, 1.807) is 6.07 Å². The van der Waals surface area contributed by atoms with Gasteiger partial charge in [0.2, 0.25) is 21.8 Å². The predicted molar refractivity (Wildman–Crippen MR) is 153 cm³/mol. The molecule has 7 nitrogen and oxygen atoms in total. The Morgan fingerprint density at radius 2 is 1.67 bits per heavy atom. The Balaban J connectivity index is 2.07. The molecule has 3 aromatic rings. The first kappa shape index (κ1) is 30.4. The molecule has 0 spiro atoms. The van der Waals surface area contributed by atoms with Crippen molar-refractivity contribution in [1.82, 2.24) is 10.2 Å². The van der Waals surface area contributed by atoms with Crippen LogP contribution in [0.5, 0.6) is 0 Å². The van der Waals surface area contributed by atoms with Gasteiger partial charge in [0.1, 0.15) is 18.4 Å². The predicted octanol–water partition coefficient (Wildman–Crippen LogP) is 5.06. The van der Waals surface area contributed by atoms with Crippen LogP contribution in [0.3, 0.4) is 0 Å². The topological polar surface area (TPSA) is 86.8 Å². The zero-order valence-corrected chi connectivity index (χ0v) is 23.9. The molecule has 0 aliphatic rings. The molecule has 0 unspecified atom stereocenters. The number of halogens is 3. The van der Waals surface area contributed by atoms with Crippen molar-refractivity contribution in [3.8, 4) is 0 Å². The van der Waals surface area contributed by atoms with Gasteiger partial charge >= 0.3 is 0 Å². The highest BCUT2D eigenvalue weighted by molar-refractivity contribution is 7.92. The van der Waals surface area contributed by atoms with Gasteiger partial charge in [0, 0.05) is 30.1 Å². The number of carbonyl (C=O) groups excluding carboxylic acids is 2. The molecule has 0 fully saturated rings. The summed E-state index contributed by atoms with van der Waals surface area (Å²) in [4.78, 5) is 28.6. The van der Waals surface area contributed by atoms with Crippen LogP contribution in [0, 0.1) is 5.82 Å².